The van der Waals surface area contributed by atoms with Gasteiger partial charge in [0.1, 0.15) is 12.9 Å². The SMILES string of the molecule is Cl.NC(CNC(=O)Cn1cnnn1)c1ccccc1. The standard InChI is InChI=1S/C11H14N6O.ClH/c12-10(9-4-2-1-3-5-9)6-13-11(18)7-17-8-14-15-16-17;/h1-5,8,10H,6-7,12H2,(H,13,18);1H. The van der Waals surface area contributed by atoms with Crippen molar-refractivity contribution < 1.29 is 4.79 Å². The van der Waals surface area contributed by atoms with Crippen molar-refractivity contribution in [1.29, 1.82) is 0 Å². The van der Waals surface area contributed by atoms with Gasteiger partial charge in [0, 0.05) is 12.6 Å². The minimum atomic E-state index is -0.218. The Labute approximate surface area is 116 Å². The van der Waals surface area contributed by atoms with Crippen LogP contribution in [0.5, 0.6) is 0 Å². The zero-order chi connectivity index (χ0) is 12.8. The minimum absolute atomic E-state index is 0. The fraction of sp³-hybridized carbons (Fsp3) is 0.273. The monoisotopic (exact) mass is 282 g/mol. The molecule has 0 aliphatic carbocycles. The Hall–Kier alpha value is -1.99. The van der Waals surface area contributed by atoms with E-state index in [9.17, 15) is 4.79 Å². The lowest BCUT2D eigenvalue weighted by molar-refractivity contribution is -0.121. The number of carbonyl (C=O) groups excluding carboxylic acids is 1. The van der Waals surface area contributed by atoms with E-state index in [2.05, 4.69) is 20.8 Å². The Kier molecular flexibility index (Phi) is 5.91. The number of nitrogens with one attached hydrogen (secondary N) is 1. The van der Waals surface area contributed by atoms with E-state index < -0.39 is 0 Å². The summed E-state index contributed by atoms with van der Waals surface area (Å²) in [5.41, 5.74) is 6.94. The number of rotatable bonds is 5. The fourth-order valence-electron chi connectivity index (χ4n) is 1.50. The van der Waals surface area contributed by atoms with Crippen molar-refractivity contribution in [3.63, 3.8) is 0 Å². The topological polar surface area (TPSA) is 98.7 Å². The molecule has 0 bridgehead atoms. The summed E-state index contributed by atoms with van der Waals surface area (Å²) in [4.78, 5) is 11.6. The Morgan fingerprint density at radius 2 is 2.11 bits per heavy atom. The van der Waals surface area contributed by atoms with Crippen molar-refractivity contribution in [1.82, 2.24) is 25.5 Å². The summed E-state index contributed by atoms with van der Waals surface area (Å²) in [6, 6.07) is 9.39. The predicted molar refractivity (Wildman–Crippen MR) is 71.4 cm³/mol. The summed E-state index contributed by atoms with van der Waals surface area (Å²) in [7, 11) is 0. The maximum atomic E-state index is 11.6. The number of nitrogens with zero attached hydrogens (tertiary/aromatic N) is 4. The molecule has 1 heterocycles. The van der Waals surface area contributed by atoms with Gasteiger partial charge in [0.25, 0.3) is 0 Å². The molecule has 0 fully saturated rings. The van der Waals surface area contributed by atoms with Crippen LogP contribution in [0.4, 0.5) is 0 Å². The molecule has 0 saturated heterocycles. The average Bonchev–Trinajstić information content (AvgIpc) is 2.90. The molecule has 1 unspecified atom stereocenters. The van der Waals surface area contributed by atoms with Crippen LogP contribution in [0.15, 0.2) is 36.7 Å². The number of tetrazole rings is 1. The van der Waals surface area contributed by atoms with Gasteiger partial charge in [-0.3, -0.25) is 4.79 Å². The summed E-state index contributed by atoms with van der Waals surface area (Å²) in [5, 5.41) is 13.2. The highest BCUT2D eigenvalue weighted by Crippen LogP contribution is 2.07. The molecule has 8 heteroatoms. The first kappa shape index (κ1) is 15.1. The van der Waals surface area contributed by atoms with Gasteiger partial charge < -0.3 is 11.1 Å². The van der Waals surface area contributed by atoms with E-state index >= 15 is 0 Å². The molecule has 1 atom stereocenters. The lowest BCUT2D eigenvalue weighted by Gasteiger charge is -2.12. The van der Waals surface area contributed by atoms with E-state index in [0.29, 0.717) is 6.54 Å². The second-order valence-corrected chi connectivity index (χ2v) is 3.83. The van der Waals surface area contributed by atoms with Crippen molar-refractivity contribution >= 4 is 18.3 Å². The van der Waals surface area contributed by atoms with Crippen molar-refractivity contribution in [2.75, 3.05) is 6.54 Å². The van der Waals surface area contributed by atoms with E-state index in [1.165, 1.54) is 11.0 Å². The lowest BCUT2D eigenvalue weighted by Crippen LogP contribution is -2.34. The third-order valence-electron chi connectivity index (χ3n) is 2.44. The Morgan fingerprint density at radius 1 is 1.37 bits per heavy atom. The lowest BCUT2D eigenvalue weighted by atomic mass is 10.1. The van der Waals surface area contributed by atoms with Gasteiger partial charge in [-0.2, -0.15) is 0 Å². The van der Waals surface area contributed by atoms with Gasteiger partial charge in [0.2, 0.25) is 5.91 Å². The Morgan fingerprint density at radius 3 is 2.74 bits per heavy atom. The van der Waals surface area contributed by atoms with Crippen LogP contribution in [0.2, 0.25) is 0 Å². The summed E-state index contributed by atoms with van der Waals surface area (Å²) < 4.78 is 1.35. The number of amides is 1. The number of carbonyl (C=O) groups is 1. The van der Waals surface area contributed by atoms with Gasteiger partial charge in [-0.1, -0.05) is 30.3 Å². The molecule has 0 saturated carbocycles. The quantitative estimate of drug-likeness (QED) is 0.799. The smallest absolute Gasteiger partial charge is 0.241 e. The summed E-state index contributed by atoms with van der Waals surface area (Å²) in [6.07, 6.45) is 1.39. The molecule has 2 rings (SSSR count). The van der Waals surface area contributed by atoms with E-state index in [-0.39, 0.29) is 30.9 Å². The van der Waals surface area contributed by atoms with Crippen molar-refractivity contribution in [2.24, 2.45) is 5.73 Å². The molecule has 1 amide bonds. The average molecular weight is 283 g/mol. The van der Waals surface area contributed by atoms with Crippen LogP contribution in [0.1, 0.15) is 11.6 Å². The van der Waals surface area contributed by atoms with Gasteiger partial charge in [-0.25, -0.2) is 4.68 Å². The molecule has 1 aromatic heterocycles. The number of nitrogens with two attached hydrogens (primary N) is 1. The maximum absolute atomic E-state index is 11.6. The van der Waals surface area contributed by atoms with Gasteiger partial charge in [-0.15, -0.1) is 17.5 Å². The zero-order valence-corrected chi connectivity index (χ0v) is 11.0. The first-order valence-electron chi connectivity index (χ1n) is 5.53. The van der Waals surface area contributed by atoms with Crippen LogP contribution in [0.25, 0.3) is 0 Å². The predicted octanol–water partition coefficient (Wildman–Crippen LogP) is -0.0889. The molecule has 1 aromatic carbocycles. The molecule has 0 aliphatic heterocycles. The molecule has 2 aromatic rings. The third-order valence-corrected chi connectivity index (χ3v) is 2.44. The van der Waals surface area contributed by atoms with E-state index in [1.807, 2.05) is 30.3 Å². The third kappa shape index (κ3) is 4.65. The van der Waals surface area contributed by atoms with Crippen molar-refractivity contribution in [3.05, 3.63) is 42.2 Å². The van der Waals surface area contributed by atoms with Crippen LogP contribution >= 0.6 is 12.4 Å². The largest absolute Gasteiger partial charge is 0.353 e. The minimum Gasteiger partial charge on any atom is -0.353 e. The van der Waals surface area contributed by atoms with E-state index in [0.717, 1.165) is 5.56 Å². The van der Waals surface area contributed by atoms with Crippen LogP contribution in [0.3, 0.4) is 0 Å². The Bertz CT molecular complexity index is 489. The first-order valence-corrected chi connectivity index (χ1v) is 5.53. The van der Waals surface area contributed by atoms with Crippen molar-refractivity contribution in [2.45, 2.75) is 12.6 Å². The number of hydrogen-bond donors (Lipinski definition) is 2. The maximum Gasteiger partial charge on any atom is 0.241 e. The van der Waals surface area contributed by atoms with Gasteiger partial charge in [-0.05, 0) is 16.0 Å². The number of aromatic nitrogens is 4. The zero-order valence-electron chi connectivity index (χ0n) is 10.1. The van der Waals surface area contributed by atoms with Crippen LogP contribution in [-0.4, -0.2) is 32.7 Å². The second kappa shape index (κ2) is 7.45. The number of benzene rings is 1. The number of halogens is 1. The fourth-order valence-corrected chi connectivity index (χ4v) is 1.50. The number of hydrogen-bond acceptors (Lipinski definition) is 5. The molecule has 0 spiro atoms. The molecule has 3 N–H and O–H groups in total. The Balaban J connectivity index is 0.00000180. The summed E-state index contributed by atoms with van der Waals surface area (Å²) in [6.45, 7) is 0.472. The molecule has 102 valence electrons. The first-order chi connectivity index (χ1) is 8.75. The molecule has 0 aliphatic rings. The van der Waals surface area contributed by atoms with Crippen molar-refractivity contribution in [3.8, 4) is 0 Å². The normalized spacial score (nSPS) is 11.4. The van der Waals surface area contributed by atoms with E-state index in [4.69, 9.17) is 5.73 Å². The van der Waals surface area contributed by atoms with E-state index in [1.54, 1.807) is 0 Å². The highest BCUT2D eigenvalue weighted by Gasteiger charge is 2.08. The molecule has 7 nitrogen and oxygen atoms in total. The highest BCUT2D eigenvalue weighted by atomic mass is 35.5. The summed E-state index contributed by atoms with van der Waals surface area (Å²) >= 11 is 0. The van der Waals surface area contributed by atoms with Crippen LogP contribution < -0.4 is 11.1 Å². The van der Waals surface area contributed by atoms with Gasteiger partial charge in [0.05, 0.1) is 0 Å². The molecule has 19 heavy (non-hydrogen) atoms. The summed E-state index contributed by atoms with van der Waals surface area (Å²) in [5.74, 6) is -0.173. The second-order valence-electron chi connectivity index (χ2n) is 3.83. The molecular formula is C11H15ClN6O. The van der Waals surface area contributed by atoms with Gasteiger partial charge >= 0.3 is 0 Å². The molecule has 0 radical (unpaired) electrons. The van der Waals surface area contributed by atoms with Crippen LogP contribution in [0, 0.1) is 0 Å². The highest BCUT2D eigenvalue weighted by molar-refractivity contribution is 5.85. The molecular weight excluding hydrogens is 268 g/mol. The van der Waals surface area contributed by atoms with Gasteiger partial charge in [0.15, 0.2) is 0 Å². The van der Waals surface area contributed by atoms with Crippen LogP contribution in [-0.2, 0) is 11.3 Å².